The van der Waals surface area contributed by atoms with Crippen LogP contribution in [0.1, 0.15) is 5.69 Å². The van der Waals surface area contributed by atoms with Crippen LogP contribution in [0.5, 0.6) is 0 Å². The molecule has 0 saturated heterocycles. The molecule has 0 amide bonds. The lowest BCUT2D eigenvalue weighted by Gasteiger charge is -2.02. The van der Waals surface area contributed by atoms with Crippen LogP contribution >= 0.6 is 11.3 Å². The number of alkyl halides is 2. The Morgan fingerprint density at radius 2 is 2.29 bits per heavy atom. The zero-order valence-electron chi connectivity index (χ0n) is 8.51. The van der Waals surface area contributed by atoms with Crippen LogP contribution < -0.4 is 4.72 Å². The molecule has 10 heteroatoms. The molecular weight excluding hydrogens is 278 g/mol. The number of hydrogen-bond donors (Lipinski definition) is 1. The van der Waals surface area contributed by atoms with Gasteiger partial charge in [0, 0.05) is 5.38 Å². The summed E-state index contributed by atoms with van der Waals surface area (Å²) in [6.45, 7) is 0. The number of esters is 1. The molecule has 0 aromatic carbocycles. The summed E-state index contributed by atoms with van der Waals surface area (Å²) in [4.78, 5) is 14.5. The third-order valence-corrected chi connectivity index (χ3v) is 3.45. The molecule has 0 saturated carbocycles. The largest absolute Gasteiger partial charge is 0.469 e. The molecule has 96 valence electrons. The molecule has 17 heavy (non-hydrogen) atoms. The second-order valence-corrected chi connectivity index (χ2v) is 5.31. The van der Waals surface area contributed by atoms with Crippen molar-refractivity contribution >= 4 is 32.5 Å². The number of sulfonamides is 1. The number of carbonyl (C=O) groups is 1. The van der Waals surface area contributed by atoms with E-state index in [2.05, 4.69) is 9.72 Å². The van der Waals surface area contributed by atoms with Crippen molar-refractivity contribution in [1.29, 1.82) is 0 Å². The average molecular weight is 286 g/mol. The van der Waals surface area contributed by atoms with Crippen LogP contribution in [0.3, 0.4) is 0 Å². The lowest BCUT2D eigenvalue weighted by atomic mass is 10.3. The number of carbonyl (C=O) groups excluding carboxylic acids is 1. The molecule has 0 aliphatic carbocycles. The van der Waals surface area contributed by atoms with Gasteiger partial charge in [-0.05, 0) is 0 Å². The van der Waals surface area contributed by atoms with Crippen molar-refractivity contribution in [2.75, 3.05) is 11.8 Å². The van der Waals surface area contributed by atoms with Gasteiger partial charge in [-0.25, -0.2) is 13.4 Å². The zero-order chi connectivity index (χ0) is 13.1. The van der Waals surface area contributed by atoms with Gasteiger partial charge in [-0.3, -0.25) is 9.52 Å². The standard InChI is InChI=1S/C7H8F2N2O4S2/c1-15-5(12)2-4-3-16-7(10-4)11-17(13,14)6(8)9/h3,6H,2H2,1H3,(H,10,11). The summed E-state index contributed by atoms with van der Waals surface area (Å²) >= 11 is 0.804. The normalized spacial score (nSPS) is 11.5. The number of aromatic nitrogens is 1. The number of nitrogens with one attached hydrogen (secondary N) is 1. The molecular formula is C7H8F2N2O4S2. The van der Waals surface area contributed by atoms with Gasteiger partial charge in [-0.1, -0.05) is 0 Å². The van der Waals surface area contributed by atoms with E-state index in [1.807, 2.05) is 0 Å². The SMILES string of the molecule is COC(=O)Cc1csc(NS(=O)(=O)C(F)F)n1. The number of methoxy groups -OCH3 is 1. The highest BCUT2D eigenvalue weighted by Crippen LogP contribution is 2.19. The monoisotopic (exact) mass is 286 g/mol. The molecule has 0 radical (unpaired) electrons. The molecule has 0 aliphatic heterocycles. The Balaban J connectivity index is 2.73. The van der Waals surface area contributed by atoms with Gasteiger partial charge in [0.1, 0.15) is 0 Å². The molecule has 1 rings (SSSR count). The van der Waals surface area contributed by atoms with Gasteiger partial charge in [-0.2, -0.15) is 8.78 Å². The summed E-state index contributed by atoms with van der Waals surface area (Å²) in [5.41, 5.74) is 0.244. The van der Waals surface area contributed by atoms with E-state index in [-0.39, 0.29) is 17.2 Å². The maximum absolute atomic E-state index is 12.0. The van der Waals surface area contributed by atoms with Crippen LogP contribution in [0.25, 0.3) is 0 Å². The first-order valence-corrected chi connectivity index (χ1v) is 6.58. The summed E-state index contributed by atoms with van der Waals surface area (Å²) in [6.07, 6.45) is -0.149. The fourth-order valence-corrected chi connectivity index (χ4v) is 2.29. The third-order valence-electron chi connectivity index (χ3n) is 1.57. The number of ether oxygens (including phenoxy) is 1. The van der Waals surface area contributed by atoms with Crippen molar-refractivity contribution in [1.82, 2.24) is 4.98 Å². The highest BCUT2D eigenvalue weighted by atomic mass is 32.2. The molecule has 1 aromatic rings. The molecule has 1 N–H and O–H groups in total. The number of nitrogens with zero attached hydrogens (tertiary/aromatic N) is 1. The van der Waals surface area contributed by atoms with E-state index in [9.17, 15) is 22.0 Å². The lowest BCUT2D eigenvalue weighted by molar-refractivity contribution is -0.139. The first-order chi connectivity index (χ1) is 7.85. The van der Waals surface area contributed by atoms with E-state index in [0.29, 0.717) is 0 Å². The lowest BCUT2D eigenvalue weighted by Crippen LogP contribution is -2.20. The summed E-state index contributed by atoms with van der Waals surface area (Å²) in [5, 5.41) is 1.16. The molecule has 0 unspecified atom stereocenters. The minimum atomic E-state index is -4.72. The third kappa shape index (κ3) is 3.89. The molecule has 0 spiro atoms. The predicted molar refractivity (Wildman–Crippen MR) is 56.4 cm³/mol. The summed E-state index contributed by atoms with van der Waals surface area (Å²) in [5.74, 6) is -4.09. The van der Waals surface area contributed by atoms with Gasteiger partial charge in [0.2, 0.25) is 0 Å². The van der Waals surface area contributed by atoms with Gasteiger partial charge >= 0.3 is 11.7 Å². The Kier molecular flexibility index (Phi) is 4.34. The van der Waals surface area contributed by atoms with E-state index in [1.54, 1.807) is 4.72 Å². The molecule has 0 atom stereocenters. The van der Waals surface area contributed by atoms with E-state index in [1.165, 1.54) is 12.5 Å². The van der Waals surface area contributed by atoms with Crippen molar-refractivity contribution in [3.63, 3.8) is 0 Å². The number of halogens is 2. The Morgan fingerprint density at radius 3 is 2.82 bits per heavy atom. The fraction of sp³-hybridized carbons (Fsp3) is 0.429. The van der Waals surface area contributed by atoms with Crippen LogP contribution in [-0.2, 0) is 26.0 Å². The van der Waals surface area contributed by atoms with E-state index in [0.717, 1.165) is 11.3 Å². The van der Waals surface area contributed by atoms with Crippen molar-refractivity contribution in [3.8, 4) is 0 Å². The Bertz CT molecular complexity index is 500. The molecule has 0 aliphatic rings. The highest BCUT2D eigenvalue weighted by molar-refractivity contribution is 7.93. The number of thiazole rings is 1. The van der Waals surface area contributed by atoms with E-state index >= 15 is 0 Å². The highest BCUT2D eigenvalue weighted by Gasteiger charge is 2.25. The summed E-state index contributed by atoms with van der Waals surface area (Å²) in [7, 11) is -3.53. The number of anilines is 1. The van der Waals surface area contributed by atoms with Crippen LogP contribution in [-0.4, -0.2) is 32.2 Å². The fourth-order valence-electron chi connectivity index (χ4n) is 0.821. The second kappa shape index (κ2) is 5.36. The van der Waals surface area contributed by atoms with E-state index in [4.69, 9.17) is 0 Å². The average Bonchev–Trinajstić information content (AvgIpc) is 2.64. The zero-order valence-corrected chi connectivity index (χ0v) is 10.1. The minimum Gasteiger partial charge on any atom is -0.469 e. The minimum absolute atomic E-state index is 0.149. The van der Waals surface area contributed by atoms with Crippen molar-refractivity contribution in [3.05, 3.63) is 11.1 Å². The second-order valence-electron chi connectivity index (χ2n) is 2.80. The van der Waals surface area contributed by atoms with Gasteiger partial charge in [0.25, 0.3) is 10.0 Å². The van der Waals surface area contributed by atoms with Crippen molar-refractivity contribution in [2.45, 2.75) is 12.2 Å². The Morgan fingerprint density at radius 1 is 1.65 bits per heavy atom. The topological polar surface area (TPSA) is 85.4 Å². The van der Waals surface area contributed by atoms with Gasteiger partial charge in [-0.15, -0.1) is 11.3 Å². The number of rotatable bonds is 5. The summed E-state index contributed by atoms with van der Waals surface area (Å²) < 4.78 is 51.6. The smallest absolute Gasteiger partial charge is 0.355 e. The first kappa shape index (κ1) is 13.8. The Labute approximate surface area is 99.7 Å². The predicted octanol–water partition coefficient (Wildman–Crippen LogP) is 0.823. The quantitative estimate of drug-likeness (QED) is 0.810. The van der Waals surface area contributed by atoms with Crippen LogP contribution in [0, 0.1) is 0 Å². The Hall–Kier alpha value is -1.29. The first-order valence-electron chi connectivity index (χ1n) is 4.16. The van der Waals surface area contributed by atoms with Crippen LogP contribution in [0.2, 0.25) is 0 Å². The van der Waals surface area contributed by atoms with Gasteiger partial charge < -0.3 is 4.74 Å². The van der Waals surface area contributed by atoms with Gasteiger partial charge in [0.05, 0.1) is 19.2 Å². The van der Waals surface area contributed by atoms with Crippen LogP contribution in [0.15, 0.2) is 5.38 Å². The molecule has 1 aromatic heterocycles. The number of hydrogen-bond acceptors (Lipinski definition) is 6. The summed E-state index contributed by atoms with van der Waals surface area (Å²) in [6, 6.07) is 0. The molecule has 1 heterocycles. The molecule has 0 fully saturated rings. The molecule has 0 bridgehead atoms. The van der Waals surface area contributed by atoms with Crippen molar-refractivity contribution in [2.24, 2.45) is 0 Å². The maximum atomic E-state index is 12.0. The van der Waals surface area contributed by atoms with Crippen molar-refractivity contribution < 1.29 is 26.7 Å². The van der Waals surface area contributed by atoms with Gasteiger partial charge in [0.15, 0.2) is 5.13 Å². The van der Waals surface area contributed by atoms with E-state index < -0.39 is 21.8 Å². The molecule has 6 nitrogen and oxygen atoms in total. The van der Waals surface area contributed by atoms with Crippen LogP contribution in [0.4, 0.5) is 13.9 Å². The maximum Gasteiger partial charge on any atom is 0.355 e.